The maximum atomic E-state index is 12.7. The van der Waals surface area contributed by atoms with E-state index in [0.29, 0.717) is 36.2 Å². The third-order valence-corrected chi connectivity index (χ3v) is 7.73. The second-order valence-electron chi connectivity index (χ2n) is 9.59. The van der Waals surface area contributed by atoms with Crippen LogP contribution in [0.4, 0.5) is 5.95 Å². The molecule has 11 heteroatoms. The van der Waals surface area contributed by atoms with Crippen molar-refractivity contribution in [1.29, 1.82) is 0 Å². The summed E-state index contributed by atoms with van der Waals surface area (Å²) in [7, 11) is -3.02. The zero-order valence-electron chi connectivity index (χ0n) is 21.2. The smallest absolute Gasteiger partial charge is 0.224 e. The lowest BCUT2D eigenvalue weighted by Gasteiger charge is -2.28. The first-order chi connectivity index (χ1) is 18.4. The molecule has 1 fully saturated rings. The molecule has 1 aromatic carbocycles. The Labute approximate surface area is 221 Å². The molecule has 10 nitrogen and oxygen atoms in total. The van der Waals surface area contributed by atoms with Crippen molar-refractivity contribution in [3.05, 3.63) is 66.7 Å². The van der Waals surface area contributed by atoms with E-state index in [1.165, 1.54) is 6.26 Å². The molecule has 0 saturated heterocycles. The van der Waals surface area contributed by atoms with Gasteiger partial charge in [0.1, 0.15) is 21.3 Å². The predicted molar refractivity (Wildman–Crippen MR) is 144 cm³/mol. The Morgan fingerprint density at radius 1 is 1.05 bits per heavy atom. The van der Waals surface area contributed by atoms with Crippen molar-refractivity contribution in [3.8, 4) is 11.6 Å². The van der Waals surface area contributed by atoms with E-state index >= 15 is 0 Å². The Hall–Kier alpha value is -3.86. The van der Waals surface area contributed by atoms with E-state index in [-0.39, 0.29) is 23.5 Å². The SMILES string of the molecule is CS(=O)(=O)CCCOc1cccc2c1cnn2-c1ccnc(NC2CCC(C(=O)c3ccccn3)CC2)n1. The number of fused-ring (bicyclic) bond motifs is 1. The van der Waals surface area contributed by atoms with Gasteiger partial charge in [0.25, 0.3) is 0 Å². The van der Waals surface area contributed by atoms with Crippen molar-refractivity contribution in [2.45, 2.75) is 38.1 Å². The van der Waals surface area contributed by atoms with E-state index in [1.54, 1.807) is 35.4 Å². The summed E-state index contributed by atoms with van der Waals surface area (Å²) in [4.78, 5) is 26.0. The van der Waals surface area contributed by atoms with Crippen LogP contribution in [0.1, 0.15) is 42.6 Å². The van der Waals surface area contributed by atoms with Gasteiger partial charge in [-0.1, -0.05) is 12.1 Å². The average Bonchev–Trinajstić information content (AvgIpc) is 3.36. The zero-order valence-corrected chi connectivity index (χ0v) is 22.0. The molecular formula is C27H30N6O4S. The minimum Gasteiger partial charge on any atom is -0.493 e. The van der Waals surface area contributed by atoms with Gasteiger partial charge >= 0.3 is 0 Å². The summed E-state index contributed by atoms with van der Waals surface area (Å²) in [5.74, 6) is 1.97. The first-order valence-corrected chi connectivity index (χ1v) is 14.8. The van der Waals surface area contributed by atoms with Crippen molar-refractivity contribution in [2.24, 2.45) is 5.92 Å². The van der Waals surface area contributed by atoms with Gasteiger partial charge in [0, 0.05) is 36.7 Å². The van der Waals surface area contributed by atoms with Crippen LogP contribution >= 0.6 is 0 Å². The molecule has 0 atom stereocenters. The molecule has 4 aromatic rings. The summed E-state index contributed by atoms with van der Waals surface area (Å²) in [6, 6.07) is 13.1. The number of anilines is 1. The number of aromatic nitrogens is 5. The lowest BCUT2D eigenvalue weighted by Crippen LogP contribution is -2.30. The highest BCUT2D eigenvalue weighted by Crippen LogP contribution is 2.29. The van der Waals surface area contributed by atoms with Gasteiger partial charge in [0.15, 0.2) is 11.6 Å². The number of rotatable bonds is 10. The highest BCUT2D eigenvalue weighted by molar-refractivity contribution is 7.90. The van der Waals surface area contributed by atoms with Crippen LogP contribution in [0.15, 0.2) is 61.1 Å². The molecule has 0 spiro atoms. The Bertz CT molecular complexity index is 1520. The molecule has 3 aromatic heterocycles. The molecule has 5 rings (SSSR count). The van der Waals surface area contributed by atoms with Gasteiger partial charge in [-0.2, -0.15) is 10.1 Å². The summed E-state index contributed by atoms with van der Waals surface area (Å²) in [6.07, 6.45) is 10.00. The van der Waals surface area contributed by atoms with E-state index in [1.807, 2.05) is 30.3 Å². The summed E-state index contributed by atoms with van der Waals surface area (Å²) in [5, 5.41) is 8.76. The van der Waals surface area contributed by atoms with Gasteiger partial charge in [-0.25, -0.2) is 18.1 Å². The van der Waals surface area contributed by atoms with Crippen LogP contribution in [-0.4, -0.2) is 63.6 Å². The fraction of sp³-hybridized carbons (Fsp3) is 0.370. The van der Waals surface area contributed by atoms with Crippen LogP contribution in [0.25, 0.3) is 16.7 Å². The van der Waals surface area contributed by atoms with E-state index in [4.69, 9.17) is 4.74 Å². The standard InChI is InChI=1S/C27H30N6O4S/c1-38(35,36)17-5-16-37-24-8-4-7-23-21(24)18-30-33(23)25-13-15-29-27(32-25)31-20-11-9-19(10-12-20)26(34)22-6-2-3-14-28-22/h2-4,6-8,13-15,18-20H,5,9-12,16-17H2,1H3,(H,29,31,32). The summed E-state index contributed by atoms with van der Waals surface area (Å²) in [5.41, 5.74) is 1.36. The largest absolute Gasteiger partial charge is 0.493 e. The highest BCUT2D eigenvalue weighted by atomic mass is 32.2. The van der Waals surface area contributed by atoms with E-state index in [2.05, 4.69) is 25.4 Å². The molecule has 38 heavy (non-hydrogen) atoms. The van der Waals surface area contributed by atoms with Crippen molar-refractivity contribution in [2.75, 3.05) is 23.9 Å². The van der Waals surface area contributed by atoms with Crippen LogP contribution < -0.4 is 10.1 Å². The topological polar surface area (TPSA) is 129 Å². The first kappa shape index (κ1) is 25.8. The summed E-state index contributed by atoms with van der Waals surface area (Å²) >= 11 is 0. The lowest BCUT2D eigenvalue weighted by molar-refractivity contribution is 0.0881. The predicted octanol–water partition coefficient (Wildman–Crippen LogP) is 3.88. The molecular weight excluding hydrogens is 504 g/mol. The average molecular weight is 535 g/mol. The number of pyridine rings is 1. The molecule has 198 valence electrons. The molecule has 0 aliphatic heterocycles. The molecule has 1 saturated carbocycles. The number of ether oxygens (including phenoxy) is 1. The molecule has 0 unspecified atom stereocenters. The van der Waals surface area contributed by atoms with Gasteiger partial charge in [0.2, 0.25) is 5.95 Å². The zero-order chi connectivity index (χ0) is 26.5. The third-order valence-electron chi connectivity index (χ3n) is 6.70. The van der Waals surface area contributed by atoms with Crippen molar-refractivity contribution < 1.29 is 17.9 Å². The number of hydrogen-bond donors (Lipinski definition) is 1. The minimum absolute atomic E-state index is 0.00608. The Morgan fingerprint density at radius 2 is 1.89 bits per heavy atom. The number of Topliss-reactive ketones (excluding diaryl/α,β-unsaturated/α-hetero) is 1. The van der Waals surface area contributed by atoms with Gasteiger partial charge in [0.05, 0.1) is 29.5 Å². The number of nitrogens with zero attached hydrogens (tertiary/aromatic N) is 5. The van der Waals surface area contributed by atoms with Crippen LogP contribution in [-0.2, 0) is 9.84 Å². The van der Waals surface area contributed by atoms with E-state index in [0.717, 1.165) is 36.6 Å². The Balaban J connectivity index is 1.23. The number of carbonyl (C=O) groups excluding carboxylic acids is 1. The Morgan fingerprint density at radius 3 is 2.66 bits per heavy atom. The second-order valence-corrected chi connectivity index (χ2v) is 11.8. The van der Waals surface area contributed by atoms with E-state index < -0.39 is 9.84 Å². The molecule has 1 N–H and O–H groups in total. The van der Waals surface area contributed by atoms with Crippen LogP contribution in [0.5, 0.6) is 5.75 Å². The highest BCUT2D eigenvalue weighted by Gasteiger charge is 2.28. The number of hydrogen-bond acceptors (Lipinski definition) is 9. The molecule has 0 bridgehead atoms. The van der Waals surface area contributed by atoms with Gasteiger partial charge in [-0.05, 0) is 56.4 Å². The minimum atomic E-state index is -3.02. The Kier molecular flexibility index (Phi) is 7.64. The molecule has 1 aliphatic rings. The van der Waals surface area contributed by atoms with Crippen molar-refractivity contribution in [1.82, 2.24) is 24.7 Å². The monoisotopic (exact) mass is 534 g/mol. The fourth-order valence-electron chi connectivity index (χ4n) is 4.77. The molecule has 3 heterocycles. The second kappa shape index (κ2) is 11.3. The number of carbonyl (C=O) groups is 1. The van der Waals surface area contributed by atoms with Crippen LogP contribution in [0, 0.1) is 5.92 Å². The van der Waals surface area contributed by atoms with Gasteiger partial charge in [-0.15, -0.1) is 0 Å². The maximum absolute atomic E-state index is 12.7. The summed E-state index contributed by atoms with van der Waals surface area (Å²) < 4.78 is 30.3. The normalized spacial score (nSPS) is 17.8. The van der Waals surface area contributed by atoms with Gasteiger partial charge in [-0.3, -0.25) is 9.78 Å². The van der Waals surface area contributed by atoms with Crippen LogP contribution in [0.3, 0.4) is 0 Å². The number of ketones is 1. The van der Waals surface area contributed by atoms with Crippen molar-refractivity contribution in [3.63, 3.8) is 0 Å². The number of nitrogens with one attached hydrogen (secondary N) is 1. The van der Waals surface area contributed by atoms with Crippen LogP contribution in [0.2, 0.25) is 0 Å². The lowest BCUT2D eigenvalue weighted by atomic mass is 9.82. The summed E-state index contributed by atoms with van der Waals surface area (Å²) in [6.45, 7) is 0.300. The molecule has 1 aliphatic carbocycles. The quantitative estimate of drug-likeness (QED) is 0.238. The molecule has 0 amide bonds. The number of sulfone groups is 1. The molecule has 0 radical (unpaired) electrons. The number of benzene rings is 1. The fourth-order valence-corrected chi connectivity index (χ4v) is 5.42. The van der Waals surface area contributed by atoms with E-state index in [9.17, 15) is 13.2 Å². The third kappa shape index (κ3) is 6.16. The first-order valence-electron chi connectivity index (χ1n) is 12.7. The van der Waals surface area contributed by atoms with Crippen molar-refractivity contribution >= 4 is 32.5 Å². The maximum Gasteiger partial charge on any atom is 0.224 e. The van der Waals surface area contributed by atoms with Gasteiger partial charge < -0.3 is 10.1 Å².